The van der Waals surface area contributed by atoms with Crippen LogP contribution in [0, 0.1) is 11.8 Å². The summed E-state index contributed by atoms with van der Waals surface area (Å²) in [5, 5.41) is 11.7. The number of hydrogen-bond acceptors (Lipinski definition) is 2. The van der Waals surface area contributed by atoms with Gasteiger partial charge in [-0.25, -0.2) is 0 Å². The lowest BCUT2D eigenvalue weighted by molar-refractivity contribution is -0.125. The molecule has 0 aliphatic rings. The third-order valence-electron chi connectivity index (χ3n) is 1.85. The second-order valence-corrected chi connectivity index (χ2v) is 3.70. The number of carbonyl (C=O) groups is 1. The van der Waals surface area contributed by atoms with E-state index in [1.165, 1.54) is 0 Å². The van der Waals surface area contributed by atoms with Crippen molar-refractivity contribution in [2.75, 3.05) is 6.61 Å². The molecule has 0 saturated carbocycles. The molecular formula is C9H19NO2. The molecule has 2 N–H and O–H groups in total. The summed E-state index contributed by atoms with van der Waals surface area (Å²) in [6, 6.07) is -0.111. The number of carbonyl (C=O) groups excluding carboxylic acids is 1. The Labute approximate surface area is 74.2 Å². The number of hydrogen-bond donors (Lipinski definition) is 2. The first-order valence-electron chi connectivity index (χ1n) is 4.40. The lowest BCUT2D eigenvalue weighted by atomic mass is 10.0. The van der Waals surface area contributed by atoms with Gasteiger partial charge in [0, 0.05) is 5.92 Å². The van der Waals surface area contributed by atoms with Crippen molar-refractivity contribution >= 4 is 5.91 Å². The molecule has 1 atom stereocenters. The Morgan fingerprint density at radius 1 is 1.33 bits per heavy atom. The van der Waals surface area contributed by atoms with Crippen molar-refractivity contribution in [3.05, 3.63) is 0 Å². The van der Waals surface area contributed by atoms with E-state index < -0.39 is 0 Å². The van der Waals surface area contributed by atoms with Crippen LogP contribution in [-0.2, 0) is 4.79 Å². The van der Waals surface area contributed by atoms with Crippen LogP contribution < -0.4 is 5.32 Å². The molecule has 0 aliphatic heterocycles. The first-order valence-corrected chi connectivity index (χ1v) is 4.40. The Balaban J connectivity index is 3.94. The molecule has 0 radical (unpaired) electrons. The summed E-state index contributed by atoms with van der Waals surface area (Å²) >= 11 is 0. The molecule has 0 aliphatic carbocycles. The van der Waals surface area contributed by atoms with Gasteiger partial charge in [-0.1, -0.05) is 27.7 Å². The van der Waals surface area contributed by atoms with Crippen LogP contribution in [0.2, 0.25) is 0 Å². The second-order valence-electron chi connectivity index (χ2n) is 3.70. The smallest absolute Gasteiger partial charge is 0.222 e. The summed E-state index contributed by atoms with van der Waals surface area (Å²) in [7, 11) is 0. The molecule has 3 nitrogen and oxygen atoms in total. The van der Waals surface area contributed by atoms with Crippen molar-refractivity contribution < 1.29 is 9.90 Å². The van der Waals surface area contributed by atoms with Gasteiger partial charge in [-0.05, 0) is 5.92 Å². The fraction of sp³-hybridized carbons (Fsp3) is 0.889. The molecule has 3 heteroatoms. The van der Waals surface area contributed by atoms with Crippen LogP contribution in [0.3, 0.4) is 0 Å². The van der Waals surface area contributed by atoms with Gasteiger partial charge in [-0.3, -0.25) is 4.79 Å². The highest BCUT2D eigenvalue weighted by molar-refractivity contribution is 5.78. The first kappa shape index (κ1) is 11.4. The van der Waals surface area contributed by atoms with Gasteiger partial charge in [0.1, 0.15) is 0 Å². The molecule has 0 rings (SSSR count). The summed E-state index contributed by atoms with van der Waals surface area (Å²) in [5.74, 6) is 0.262. The fourth-order valence-corrected chi connectivity index (χ4v) is 0.773. The zero-order valence-electron chi connectivity index (χ0n) is 8.29. The van der Waals surface area contributed by atoms with Crippen LogP contribution in [0.25, 0.3) is 0 Å². The van der Waals surface area contributed by atoms with Gasteiger partial charge in [0.25, 0.3) is 0 Å². The zero-order valence-corrected chi connectivity index (χ0v) is 8.29. The minimum absolute atomic E-state index is 0.00255. The topological polar surface area (TPSA) is 49.3 Å². The monoisotopic (exact) mass is 173 g/mol. The average Bonchev–Trinajstić information content (AvgIpc) is 1.98. The summed E-state index contributed by atoms with van der Waals surface area (Å²) in [6.45, 7) is 7.63. The Morgan fingerprint density at radius 2 is 1.83 bits per heavy atom. The molecule has 0 saturated heterocycles. The first-order chi connectivity index (χ1) is 5.49. The maximum absolute atomic E-state index is 11.2. The average molecular weight is 173 g/mol. The maximum atomic E-state index is 11.2. The van der Waals surface area contributed by atoms with Crippen LogP contribution in [0.1, 0.15) is 27.7 Å². The normalized spacial score (nSPS) is 13.6. The Morgan fingerprint density at radius 3 is 2.08 bits per heavy atom. The molecule has 0 spiro atoms. The van der Waals surface area contributed by atoms with Crippen LogP contribution >= 0.6 is 0 Å². The third kappa shape index (κ3) is 3.72. The van der Waals surface area contributed by atoms with Gasteiger partial charge >= 0.3 is 0 Å². The van der Waals surface area contributed by atoms with E-state index in [0.29, 0.717) is 0 Å². The van der Waals surface area contributed by atoms with E-state index in [0.717, 1.165) is 0 Å². The van der Waals surface area contributed by atoms with Crippen LogP contribution in [0.4, 0.5) is 0 Å². The van der Waals surface area contributed by atoms with Gasteiger partial charge in [0.05, 0.1) is 12.6 Å². The molecule has 1 amide bonds. The quantitative estimate of drug-likeness (QED) is 0.660. The van der Waals surface area contributed by atoms with E-state index in [1.54, 1.807) is 0 Å². The van der Waals surface area contributed by atoms with E-state index in [2.05, 4.69) is 5.32 Å². The minimum atomic E-state index is -0.111. The van der Waals surface area contributed by atoms with Crippen LogP contribution in [0.5, 0.6) is 0 Å². The van der Waals surface area contributed by atoms with Gasteiger partial charge in [0.2, 0.25) is 5.91 Å². The summed E-state index contributed by atoms with van der Waals surface area (Å²) in [6.07, 6.45) is 0. The molecule has 0 bridgehead atoms. The number of aliphatic hydroxyl groups is 1. The van der Waals surface area contributed by atoms with E-state index >= 15 is 0 Å². The number of nitrogens with one attached hydrogen (secondary N) is 1. The summed E-state index contributed by atoms with van der Waals surface area (Å²) in [4.78, 5) is 11.2. The number of rotatable bonds is 4. The van der Waals surface area contributed by atoms with E-state index in [1.807, 2.05) is 27.7 Å². The molecule has 0 heterocycles. The van der Waals surface area contributed by atoms with Crippen molar-refractivity contribution in [2.24, 2.45) is 11.8 Å². The molecule has 0 aromatic rings. The van der Waals surface area contributed by atoms with E-state index in [-0.39, 0.29) is 30.4 Å². The predicted molar refractivity (Wildman–Crippen MR) is 48.7 cm³/mol. The molecule has 0 unspecified atom stereocenters. The lowest BCUT2D eigenvalue weighted by Gasteiger charge is -2.20. The van der Waals surface area contributed by atoms with Crippen molar-refractivity contribution in [1.29, 1.82) is 0 Å². The Kier molecular flexibility index (Phi) is 4.90. The molecule has 0 fully saturated rings. The Hall–Kier alpha value is -0.570. The van der Waals surface area contributed by atoms with Crippen LogP contribution in [-0.4, -0.2) is 23.7 Å². The number of aliphatic hydroxyl groups excluding tert-OH is 1. The maximum Gasteiger partial charge on any atom is 0.222 e. The van der Waals surface area contributed by atoms with Crippen molar-refractivity contribution in [2.45, 2.75) is 33.7 Å². The molecule has 0 aromatic heterocycles. The standard InChI is InChI=1S/C9H19NO2/c1-6(2)8(5-11)10-9(12)7(3)4/h6-8,11H,5H2,1-4H3,(H,10,12)/t8-/m0/s1. The SMILES string of the molecule is CC(C)C(=O)N[C@@H](CO)C(C)C. The summed E-state index contributed by atoms with van der Waals surface area (Å²) < 4.78 is 0. The lowest BCUT2D eigenvalue weighted by Crippen LogP contribution is -2.42. The van der Waals surface area contributed by atoms with Gasteiger partial charge in [0.15, 0.2) is 0 Å². The molecule has 72 valence electrons. The zero-order chi connectivity index (χ0) is 9.72. The molecule has 12 heavy (non-hydrogen) atoms. The highest BCUT2D eigenvalue weighted by Gasteiger charge is 2.16. The van der Waals surface area contributed by atoms with E-state index in [9.17, 15) is 4.79 Å². The molecule has 0 aromatic carbocycles. The molecular weight excluding hydrogens is 154 g/mol. The highest BCUT2D eigenvalue weighted by atomic mass is 16.3. The largest absolute Gasteiger partial charge is 0.394 e. The van der Waals surface area contributed by atoms with Gasteiger partial charge < -0.3 is 10.4 Å². The van der Waals surface area contributed by atoms with Gasteiger partial charge in [-0.15, -0.1) is 0 Å². The van der Waals surface area contributed by atoms with Crippen molar-refractivity contribution in [3.63, 3.8) is 0 Å². The highest BCUT2D eigenvalue weighted by Crippen LogP contribution is 2.02. The third-order valence-corrected chi connectivity index (χ3v) is 1.85. The Bertz CT molecular complexity index is 143. The second kappa shape index (κ2) is 5.14. The predicted octanol–water partition coefficient (Wildman–Crippen LogP) is 0.775. The van der Waals surface area contributed by atoms with Gasteiger partial charge in [-0.2, -0.15) is 0 Å². The van der Waals surface area contributed by atoms with Crippen molar-refractivity contribution in [3.8, 4) is 0 Å². The van der Waals surface area contributed by atoms with Crippen molar-refractivity contribution in [1.82, 2.24) is 5.32 Å². The van der Waals surface area contributed by atoms with E-state index in [4.69, 9.17) is 5.11 Å². The summed E-state index contributed by atoms with van der Waals surface area (Å²) in [5.41, 5.74) is 0. The number of amides is 1. The van der Waals surface area contributed by atoms with Crippen LogP contribution in [0.15, 0.2) is 0 Å². The fourth-order valence-electron chi connectivity index (χ4n) is 0.773. The minimum Gasteiger partial charge on any atom is -0.394 e.